The predicted octanol–water partition coefficient (Wildman–Crippen LogP) is 2.62. The molecule has 1 aromatic rings. The number of carboxylic acid groups (broad SMARTS) is 1. The number of aromatic amines is 1. The van der Waals surface area contributed by atoms with Crippen LogP contribution in [-0.4, -0.2) is 27.3 Å². The van der Waals surface area contributed by atoms with E-state index in [0.717, 1.165) is 24.1 Å². The minimum atomic E-state index is -0.712. The van der Waals surface area contributed by atoms with E-state index in [4.69, 9.17) is 5.11 Å². The molecule has 112 valence electrons. The summed E-state index contributed by atoms with van der Waals surface area (Å²) in [6, 6.07) is 0.0694. The molecule has 1 saturated carbocycles. The van der Waals surface area contributed by atoms with E-state index in [1.54, 1.807) is 0 Å². The first kappa shape index (κ1) is 15.0. The van der Waals surface area contributed by atoms with Gasteiger partial charge in [0.15, 0.2) is 0 Å². The number of H-pyrrole nitrogens is 1. The van der Waals surface area contributed by atoms with Crippen LogP contribution in [0.15, 0.2) is 6.20 Å². The lowest BCUT2D eigenvalue weighted by Crippen LogP contribution is -2.37. The van der Waals surface area contributed by atoms with Gasteiger partial charge in [0, 0.05) is 23.8 Å². The van der Waals surface area contributed by atoms with Gasteiger partial charge in [-0.05, 0) is 25.7 Å². The van der Waals surface area contributed by atoms with Crippen molar-refractivity contribution in [1.82, 2.24) is 15.5 Å². The summed E-state index contributed by atoms with van der Waals surface area (Å²) < 4.78 is 0. The molecule has 3 N–H and O–H groups in total. The monoisotopic (exact) mass is 279 g/mol. The van der Waals surface area contributed by atoms with Crippen LogP contribution in [0, 0.1) is 12.8 Å². The Morgan fingerprint density at radius 3 is 2.70 bits per heavy atom. The molecule has 20 heavy (non-hydrogen) atoms. The fourth-order valence-corrected chi connectivity index (χ4v) is 3.10. The van der Waals surface area contributed by atoms with Gasteiger partial charge in [-0.15, -0.1) is 0 Å². The van der Waals surface area contributed by atoms with Crippen LogP contribution < -0.4 is 5.32 Å². The Hall–Kier alpha value is -1.36. The first-order valence-electron chi connectivity index (χ1n) is 7.61. The van der Waals surface area contributed by atoms with E-state index in [1.165, 1.54) is 25.7 Å². The maximum atomic E-state index is 11.1. The molecule has 5 heteroatoms. The van der Waals surface area contributed by atoms with Crippen molar-refractivity contribution in [3.8, 4) is 0 Å². The molecule has 0 bridgehead atoms. The third-order valence-corrected chi connectivity index (χ3v) is 4.35. The second-order valence-corrected chi connectivity index (χ2v) is 5.86. The third-order valence-electron chi connectivity index (χ3n) is 4.35. The first-order valence-corrected chi connectivity index (χ1v) is 7.61. The molecular weight excluding hydrogens is 254 g/mol. The van der Waals surface area contributed by atoms with E-state index >= 15 is 0 Å². The van der Waals surface area contributed by atoms with Gasteiger partial charge in [-0.1, -0.05) is 25.7 Å². The summed E-state index contributed by atoms with van der Waals surface area (Å²) in [6.07, 6.45) is 9.36. The molecule has 1 aromatic heterocycles. The second kappa shape index (κ2) is 7.43. The molecule has 0 amide bonds. The lowest BCUT2D eigenvalue weighted by atomic mass is 9.89. The van der Waals surface area contributed by atoms with Crippen LogP contribution in [0.4, 0.5) is 0 Å². The topological polar surface area (TPSA) is 78.0 Å². The van der Waals surface area contributed by atoms with Crippen LogP contribution in [0.2, 0.25) is 0 Å². The van der Waals surface area contributed by atoms with Crippen LogP contribution >= 0.6 is 0 Å². The largest absolute Gasteiger partial charge is 0.481 e. The van der Waals surface area contributed by atoms with E-state index in [9.17, 15) is 4.79 Å². The molecule has 5 nitrogen and oxygen atoms in total. The van der Waals surface area contributed by atoms with Gasteiger partial charge in [0.2, 0.25) is 0 Å². The number of carboxylic acids is 1. The Morgan fingerprint density at radius 1 is 1.45 bits per heavy atom. The maximum absolute atomic E-state index is 11.1. The molecular formula is C15H25N3O2. The van der Waals surface area contributed by atoms with Gasteiger partial charge in [0.1, 0.15) is 0 Å². The maximum Gasteiger partial charge on any atom is 0.304 e. The highest BCUT2D eigenvalue weighted by Crippen LogP contribution is 2.27. The number of rotatable bonds is 6. The van der Waals surface area contributed by atoms with Crippen LogP contribution in [0.3, 0.4) is 0 Å². The van der Waals surface area contributed by atoms with Crippen molar-refractivity contribution in [3.05, 3.63) is 17.5 Å². The van der Waals surface area contributed by atoms with Crippen molar-refractivity contribution in [2.24, 2.45) is 5.92 Å². The molecule has 0 aromatic carbocycles. The molecule has 1 aliphatic rings. The van der Waals surface area contributed by atoms with Crippen LogP contribution in [-0.2, 0) is 11.3 Å². The Morgan fingerprint density at radius 2 is 2.15 bits per heavy atom. The molecule has 1 aliphatic carbocycles. The number of nitrogens with one attached hydrogen (secondary N) is 2. The summed E-state index contributed by atoms with van der Waals surface area (Å²) in [5, 5.41) is 19.5. The Balaban J connectivity index is 1.95. The fourth-order valence-electron chi connectivity index (χ4n) is 3.10. The number of carbonyl (C=O) groups is 1. The number of aromatic nitrogens is 2. The molecule has 2 rings (SSSR count). The van der Waals surface area contributed by atoms with Gasteiger partial charge >= 0.3 is 5.97 Å². The third kappa shape index (κ3) is 4.34. The van der Waals surface area contributed by atoms with Gasteiger partial charge in [-0.2, -0.15) is 5.10 Å². The van der Waals surface area contributed by atoms with E-state index < -0.39 is 5.97 Å². The number of hydrogen-bond donors (Lipinski definition) is 3. The fraction of sp³-hybridized carbons (Fsp3) is 0.733. The molecule has 0 saturated heterocycles. The zero-order valence-electron chi connectivity index (χ0n) is 12.2. The zero-order chi connectivity index (χ0) is 14.4. The van der Waals surface area contributed by atoms with E-state index in [1.807, 2.05) is 13.1 Å². The van der Waals surface area contributed by atoms with Gasteiger partial charge in [0.05, 0.1) is 12.6 Å². The Kier molecular flexibility index (Phi) is 5.59. The quantitative estimate of drug-likeness (QED) is 0.699. The number of nitrogens with zero attached hydrogens (tertiary/aromatic N) is 1. The van der Waals surface area contributed by atoms with E-state index in [2.05, 4.69) is 15.5 Å². The van der Waals surface area contributed by atoms with Crippen molar-refractivity contribution in [3.63, 3.8) is 0 Å². The van der Waals surface area contributed by atoms with E-state index in [0.29, 0.717) is 12.5 Å². The minimum Gasteiger partial charge on any atom is -0.481 e. The van der Waals surface area contributed by atoms with E-state index in [-0.39, 0.29) is 12.5 Å². The average Bonchev–Trinajstić information content (AvgIpc) is 2.67. The van der Waals surface area contributed by atoms with Gasteiger partial charge in [-0.25, -0.2) is 0 Å². The van der Waals surface area contributed by atoms with Gasteiger partial charge in [-0.3, -0.25) is 9.89 Å². The summed E-state index contributed by atoms with van der Waals surface area (Å²) in [4.78, 5) is 11.1. The summed E-state index contributed by atoms with van der Waals surface area (Å²) in [6.45, 7) is 2.68. The van der Waals surface area contributed by atoms with Crippen molar-refractivity contribution >= 4 is 5.97 Å². The average molecular weight is 279 g/mol. The second-order valence-electron chi connectivity index (χ2n) is 5.86. The summed E-state index contributed by atoms with van der Waals surface area (Å²) in [5.41, 5.74) is 2.17. The Bertz CT molecular complexity index is 423. The molecule has 1 atom stereocenters. The lowest BCUT2D eigenvalue weighted by Gasteiger charge is -2.26. The smallest absolute Gasteiger partial charge is 0.304 e. The number of aryl methyl sites for hydroxylation is 1. The molecule has 0 spiro atoms. The normalized spacial score (nSPS) is 18.6. The summed E-state index contributed by atoms with van der Waals surface area (Å²) >= 11 is 0. The SMILES string of the molecule is Cc1[nH]ncc1CNC(CC(=O)O)C1CCCCCC1. The molecule has 0 radical (unpaired) electrons. The van der Waals surface area contributed by atoms with Crippen molar-refractivity contribution < 1.29 is 9.90 Å². The van der Waals surface area contributed by atoms with Crippen molar-refractivity contribution in [1.29, 1.82) is 0 Å². The number of aliphatic carboxylic acids is 1. The summed E-state index contributed by atoms with van der Waals surface area (Å²) in [5.74, 6) is -0.225. The Labute approximate surface area is 120 Å². The first-order chi connectivity index (χ1) is 9.66. The highest BCUT2D eigenvalue weighted by atomic mass is 16.4. The minimum absolute atomic E-state index is 0.0694. The number of hydrogen-bond acceptors (Lipinski definition) is 3. The van der Waals surface area contributed by atoms with Gasteiger partial charge < -0.3 is 10.4 Å². The molecule has 1 fully saturated rings. The molecule has 1 heterocycles. The van der Waals surface area contributed by atoms with Crippen molar-refractivity contribution in [2.75, 3.05) is 0 Å². The lowest BCUT2D eigenvalue weighted by molar-refractivity contribution is -0.138. The summed E-state index contributed by atoms with van der Waals surface area (Å²) in [7, 11) is 0. The highest BCUT2D eigenvalue weighted by Gasteiger charge is 2.24. The van der Waals surface area contributed by atoms with Crippen LogP contribution in [0.25, 0.3) is 0 Å². The zero-order valence-corrected chi connectivity index (χ0v) is 12.2. The van der Waals surface area contributed by atoms with Gasteiger partial charge in [0.25, 0.3) is 0 Å². The predicted molar refractivity (Wildman–Crippen MR) is 77.4 cm³/mol. The highest BCUT2D eigenvalue weighted by molar-refractivity contribution is 5.67. The van der Waals surface area contributed by atoms with Crippen LogP contribution in [0.1, 0.15) is 56.2 Å². The van der Waals surface area contributed by atoms with Crippen LogP contribution in [0.5, 0.6) is 0 Å². The standard InChI is InChI=1S/C15H25N3O2/c1-11-13(10-17-18-11)9-16-14(8-15(19)20)12-6-4-2-3-5-7-12/h10,12,14,16H,2-9H2,1H3,(H,17,18)(H,19,20). The molecule has 1 unspecified atom stereocenters. The van der Waals surface area contributed by atoms with Crippen molar-refractivity contribution in [2.45, 2.75) is 64.5 Å². The molecule has 0 aliphatic heterocycles.